The van der Waals surface area contributed by atoms with Crippen molar-refractivity contribution in [3.05, 3.63) is 70.8 Å². The highest BCUT2D eigenvalue weighted by atomic mass is 32.1. The Hall–Kier alpha value is -4.27. The Bertz CT molecular complexity index is 1820. The molecule has 1 saturated carbocycles. The minimum absolute atomic E-state index is 0.0625. The van der Waals surface area contributed by atoms with E-state index in [1.54, 1.807) is 37.8 Å². The van der Waals surface area contributed by atoms with E-state index in [1.165, 1.54) is 23.5 Å². The first-order valence-corrected chi connectivity index (χ1v) is 15.9. The van der Waals surface area contributed by atoms with Crippen LogP contribution in [0.3, 0.4) is 0 Å². The zero-order valence-electron chi connectivity index (χ0n) is 25.8. The number of aromatic nitrogens is 2. The summed E-state index contributed by atoms with van der Waals surface area (Å²) in [6, 6.07) is 12.1. The van der Waals surface area contributed by atoms with Crippen molar-refractivity contribution in [2.24, 2.45) is 0 Å². The van der Waals surface area contributed by atoms with Gasteiger partial charge in [-0.2, -0.15) is 5.10 Å². The molecule has 9 nitrogen and oxygen atoms in total. The summed E-state index contributed by atoms with van der Waals surface area (Å²) in [6.45, 7) is 15.4. The normalized spacial score (nSPS) is 21.7. The maximum absolute atomic E-state index is 14.8. The van der Waals surface area contributed by atoms with Crippen molar-refractivity contribution in [2.75, 3.05) is 13.1 Å². The lowest BCUT2D eigenvalue weighted by atomic mass is 9.77. The van der Waals surface area contributed by atoms with E-state index in [4.69, 9.17) is 16.4 Å². The van der Waals surface area contributed by atoms with Crippen LogP contribution in [0.5, 0.6) is 0 Å². The summed E-state index contributed by atoms with van der Waals surface area (Å²) in [5, 5.41) is 18.7. The molecule has 3 heterocycles. The van der Waals surface area contributed by atoms with Crippen LogP contribution in [0.2, 0.25) is 0 Å². The van der Waals surface area contributed by atoms with Gasteiger partial charge in [-0.05, 0) is 88.8 Å². The molecule has 11 heteroatoms. The molecule has 2 N–H and O–H groups in total. The van der Waals surface area contributed by atoms with Gasteiger partial charge in [-0.3, -0.25) is 9.48 Å². The van der Waals surface area contributed by atoms with E-state index in [0.29, 0.717) is 41.9 Å². The predicted molar refractivity (Wildman–Crippen MR) is 172 cm³/mol. The minimum Gasteiger partial charge on any atom is -0.444 e. The van der Waals surface area contributed by atoms with Crippen LogP contribution in [-0.4, -0.2) is 62.1 Å². The maximum atomic E-state index is 14.8. The van der Waals surface area contributed by atoms with E-state index < -0.39 is 23.1 Å². The quantitative estimate of drug-likeness (QED) is 0.225. The second-order valence-electron chi connectivity index (χ2n) is 13.3. The van der Waals surface area contributed by atoms with Gasteiger partial charge in [0.1, 0.15) is 11.4 Å². The molecule has 0 radical (unpaired) electrons. The van der Waals surface area contributed by atoms with Crippen molar-refractivity contribution in [2.45, 2.75) is 76.7 Å². The molecule has 4 aromatic rings. The van der Waals surface area contributed by atoms with Crippen LogP contribution in [0.1, 0.15) is 69.1 Å². The van der Waals surface area contributed by atoms with Gasteiger partial charge >= 0.3 is 6.09 Å². The number of rotatable bonds is 5. The molecule has 1 saturated heterocycles. The average Bonchev–Trinajstić information content (AvgIpc) is 3.59. The zero-order chi connectivity index (χ0) is 32.1. The Labute approximate surface area is 265 Å². The van der Waals surface area contributed by atoms with Crippen LogP contribution in [0.15, 0.2) is 48.7 Å². The number of amides is 2. The molecule has 2 aromatic heterocycles. The van der Waals surface area contributed by atoms with Gasteiger partial charge in [0.05, 0.1) is 28.6 Å². The van der Waals surface area contributed by atoms with Gasteiger partial charge in [0.25, 0.3) is 5.91 Å². The molecule has 2 amide bonds. The summed E-state index contributed by atoms with van der Waals surface area (Å²) in [7, 11) is 0. The zero-order valence-corrected chi connectivity index (χ0v) is 26.6. The number of nitrogens with zero attached hydrogens (tertiary/aromatic N) is 4. The number of hydrogen-bond donors (Lipinski definition) is 2. The summed E-state index contributed by atoms with van der Waals surface area (Å²) >= 11 is 1.34. The number of halogens is 1. The highest BCUT2D eigenvalue weighted by Gasteiger charge is 2.40. The number of fused-ring (bicyclic) bond motifs is 1. The SMILES string of the molecule is [C-]#[N+]c1ccc(-c2cc(C(=O)N3CCC[C@@H](NC(=O)OC(C)(C)C)C3)sc2-c2ccc3nn(C4CC(C)(O)C4)cc3c2)cc1F. The van der Waals surface area contributed by atoms with Crippen LogP contribution in [0, 0.1) is 12.4 Å². The molecule has 1 aliphatic carbocycles. The molecule has 2 fully saturated rings. The molecule has 2 aromatic carbocycles. The number of alkyl carbamates (subject to hydrolysis) is 1. The van der Waals surface area contributed by atoms with Crippen molar-refractivity contribution < 1.29 is 23.8 Å². The maximum Gasteiger partial charge on any atom is 0.407 e. The molecular formula is C34H36FN5O4S. The molecule has 0 unspecified atom stereocenters. The van der Waals surface area contributed by atoms with Gasteiger partial charge in [-0.15, -0.1) is 11.3 Å². The molecule has 2 aliphatic rings. The van der Waals surface area contributed by atoms with E-state index >= 15 is 0 Å². The number of likely N-dealkylation sites (tertiary alicyclic amines) is 1. The lowest BCUT2D eigenvalue weighted by Gasteiger charge is -2.40. The number of nitrogens with one attached hydrogen (secondary N) is 1. The van der Waals surface area contributed by atoms with Gasteiger partial charge < -0.3 is 20.1 Å². The number of thiophene rings is 1. The Morgan fingerprint density at radius 2 is 1.93 bits per heavy atom. The monoisotopic (exact) mass is 629 g/mol. The smallest absolute Gasteiger partial charge is 0.407 e. The third-order valence-electron chi connectivity index (χ3n) is 8.26. The summed E-state index contributed by atoms with van der Waals surface area (Å²) in [5.74, 6) is -0.778. The largest absolute Gasteiger partial charge is 0.444 e. The topological polar surface area (TPSA) is 101 Å². The number of carbonyl (C=O) groups excluding carboxylic acids is 2. The Morgan fingerprint density at radius 1 is 1.18 bits per heavy atom. The Kier molecular flexibility index (Phi) is 7.91. The van der Waals surface area contributed by atoms with Crippen molar-refractivity contribution in [1.29, 1.82) is 0 Å². The molecule has 0 spiro atoms. The molecule has 6 rings (SSSR count). The molecule has 0 bridgehead atoms. The van der Waals surface area contributed by atoms with Crippen LogP contribution in [0.4, 0.5) is 14.9 Å². The van der Waals surface area contributed by atoms with E-state index in [0.717, 1.165) is 34.2 Å². The molecule has 1 atom stereocenters. The van der Waals surface area contributed by atoms with Crippen molar-refractivity contribution in [3.63, 3.8) is 0 Å². The third-order valence-corrected chi connectivity index (χ3v) is 9.43. The predicted octanol–water partition coefficient (Wildman–Crippen LogP) is 7.34. The molecule has 45 heavy (non-hydrogen) atoms. The van der Waals surface area contributed by atoms with Gasteiger partial charge in [-0.1, -0.05) is 18.2 Å². The molecule has 1 aliphatic heterocycles. The van der Waals surface area contributed by atoms with Crippen LogP contribution >= 0.6 is 11.3 Å². The van der Waals surface area contributed by atoms with Gasteiger partial charge in [0.2, 0.25) is 5.69 Å². The Balaban J connectivity index is 1.32. The van der Waals surface area contributed by atoms with Crippen molar-refractivity contribution >= 4 is 39.9 Å². The number of aliphatic hydroxyl groups is 1. The summed E-state index contributed by atoms with van der Waals surface area (Å²) in [4.78, 5) is 32.6. The highest BCUT2D eigenvalue weighted by Crippen LogP contribution is 2.43. The van der Waals surface area contributed by atoms with E-state index in [2.05, 4.69) is 10.2 Å². The number of piperidine rings is 1. The van der Waals surface area contributed by atoms with E-state index in [9.17, 15) is 19.1 Å². The number of ether oxygens (including phenoxy) is 1. The van der Waals surface area contributed by atoms with Crippen LogP contribution < -0.4 is 5.32 Å². The molecule has 234 valence electrons. The minimum atomic E-state index is -0.666. The van der Waals surface area contributed by atoms with Gasteiger partial charge in [0.15, 0.2) is 0 Å². The van der Waals surface area contributed by atoms with Crippen LogP contribution in [0.25, 0.3) is 37.3 Å². The first-order chi connectivity index (χ1) is 21.3. The van der Waals surface area contributed by atoms with E-state index in [-0.39, 0.29) is 23.7 Å². The van der Waals surface area contributed by atoms with Crippen LogP contribution in [-0.2, 0) is 4.74 Å². The highest BCUT2D eigenvalue weighted by molar-refractivity contribution is 7.18. The lowest BCUT2D eigenvalue weighted by molar-refractivity contribution is -0.0541. The van der Waals surface area contributed by atoms with Crippen molar-refractivity contribution in [1.82, 2.24) is 20.0 Å². The summed E-state index contributed by atoms with van der Waals surface area (Å²) in [5.41, 5.74) is 1.60. The fraction of sp³-hybridized carbons (Fsp3) is 0.412. The lowest BCUT2D eigenvalue weighted by Crippen LogP contribution is -2.50. The number of carbonyl (C=O) groups is 2. The first kappa shape index (κ1) is 30.7. The molecular weight excluding hydrogens is 593 g/mol. The number of hydrogen-bond acceptors (Lipinski definition) is 6. The van der Waals surface area contributed by atoms with Gasteiger partial charge in [0, 0.05) is 41.2 Å². The fourth-order valence-corrected chi connectivity index (χ4v) is 7.26. The summed E-state index contributed by atoms with van der Waals surface area (Å²) < 4.78 is 22.1. The first-order valence-electron chi connectivity index (χ1n) is 15.1. The Morgan fingerprint density at radius 3 is 2.62 bits per heavy atom. The summed E-state index contributed by atoms with van der Waals surface area (Å²) in [6.07, 6.45) is 4.23. The van der Waals surface area contributed by atoms with E-state index in [1.807, 2.05) is 36.0 Å². The average molecular weight is 630 g/mol. The standard InChI is InChI=1S/C34H36FN5O4S/c1-33(2,3)44-32(42)37-23-7-6-12-39(19-23)31(41)29-15-25(20-8-11-28(36-5)26(35)14-20)30(45-29)21-9-10-27-22(13-21)18-40(38-27)24-16-34(4,43)17-24/h8-11,13-15,18,23-24,43H,6-7,12,16-17,19H2,1-4H3,(H,37,42)/t23-,24?,34?/m1/s1. The van der Waals surface area contributed by atoms with Gasteiger partial charge in [-0.25, -0.2) is 14.0 Å². The third kappa shape index (κ3) is 6.58. The second-order valence-corrected chi connectivity index (χ2v) is 14.4. The second kappa shape index (κ2) is 11.6. The fourth-order valence-electron chi connectivity index (χ4n) is 6.12. The number of benzene rings is 2. The van der Waals surface area contributed by atoms with Crippen molar-refractivity contribution in [3.8, 4) is 21.6 Å².